The molecule has 230 valence electrons. The van der Waals surface area contributed by atoms with Gasteiger partial charge in [0.25, 0.3) is 10.0 Å². The Balaban J connectivity index is 1.81. The molecule has 0 spiro atoms. The van der Waals surface area contributed by atoms with E-state index in [0.29, 0.717) is 11.3 Å². The summed E-state index contributed by atoms with van der Waals surface area (Å²) in [4.78, 5) is 29.4. The lowest BCUT2D eigenvalue weighted by molar-refractivity contribution is -0.140. The van der Waals surface area contributed by atoms with E-state index in [0.717, 1.165) is 9.87 Å². The van der Waals surface area contributed by atoms with Crippen molar-refractivity contribution >= 4 is 27.5 Å². The van der Waals surface area contributed by atoms with Gasteiger partial charge in [-0.25, -0.2) is 12.8 Å². The zero-order valence-electron chi connectivity index (χ0n) is 24.9. The van der Waals surface area contributed by atoms with E-state index in [1.807, 2.05) is 44.2 Å². The van der Waals surface area contributed by atoms with Crippen LogP contribution in [0.3, 0.4) is 0 Å². The van der Waals surface area contributed by atoms with Gasteiger partial charge in [0, 0.05) is 25.1 Å². The summed E-state index contributed by atoms with van der Waals surface area (Å²) >= 11 is 0. The van der Waals surface area contributed by atoms with Crippen molar-refractivity contribution in [3.63, 3.8) is 0 Å². The van der Waals surface area contributed by atoms with Crippen molar-refractivity contribution in [3.8, 4) is 5.75 Å². The highest BCUT2D eigenvalue weighted by atomic mass is 32.2. The quantitative estimate of drug-likeness (QED) is 0.223. The summed E-state index contributed by atoms with van der Waals surface area (Å²) in [7, 11) is -2.77. The summed E-state index contributed by atoms with van der Waals surface area (Å²) < 4.78 is 48.2. The summed E-state index contributed by atoms with van der Waals surface area (Å²) in [5, 5.41) is 2.91. The lowest BCUT2D eigenvalue weighted by Crippen LogP contribution is -2.54. The molecule has 0 unspecified atom stereocenters. The van der Waals surface area contributed by atoms with E-state index >= 15 is 0 Å². The van der Waals surface area contributed by atoms with Crippen molar-refractivity contribution in [1.82, 2.24) is 10.2 Å². The number of carbonyl (C=O) groups is 2. The van der Waals surface area contributed by atoms with Crippen LogP contribution in [0.1, 0.15) is 25.0 Å². The van der Waals surface area contributed by atoms with Gasteiger partial charge in [-0.15, -0.1) is 0 Å². The molecule has 1 N–H and O–H groups in total. The number of halogens is 1. The van der Waals surface area contributed by atoms with Crippen LogP contribution in [-0.4, -0.2) is 50.9 Å². The Kier molecular flexibility index (Phi) is 10.7. The first-order chi connectivity index (χ1) is 21.1. The van der Waals surface area contributed by atoms with Gasteiger partial charge in [-0.05, 0) is 61.4 Å². The zero-order valence-corrected chi connectivity index (χ0v) is 25.7. The molecule has 0 fully saturated rings. The smallest absolute Gasteiger partial charge is 0.264 e. The van der Waals surface area contributed by atoms with Gasteiger partial charge in [-0.2, -0.15) is 0 Å². The van der Waals surface area contributed by atoms with Crippen molar-refractivity contribution in [1.29, 1.82) is 0 Å². The topological polar surface area (TPSA) is 96.0 Å². The van der Waals surface area contributed by atoms with E-state index in [-0.39, 0.29) is 29.6 Å². The number of hydrogen-bond donors (Lipinski definition) is 1. The number of methoxy groups -OCH3 is 1. The van der Waals surface area contributed by atoms with Crippen LogP contribution in [0.4, 0.5) is 10.1 Å². The lowest BCUT2D eigenvalue weighted by Gasteiger charge is -2.34. The van der Waals surface area contributed by atoms with Gasteiger partial charge in [0.15, 0.2) is 0 Å². The average Bonchev–Trinajstić information content (AvgIpc) is 3.02. The molecule has 8 nitrogen and oxygen atoms in total. The number of anilines is 1. The molecule has 1 atom stereocenters. The van der Waals surface area contributed by atoms with Crippen molar-refractivity contribution in [2.24, 2.45) is 0 Å². The maximum atomic E-state index is 14.4. The number of amides is 2. The molecule has 10 heteroatoms. The zero-order chi connectivity index (χ0) is 31.7. The Labute approximate surface area is 258 Å². The summed E-state index contributed by atoms with van der Waals surface area (Å²) in [6, 6.07) is 27.9. The van der Waals surface area contributed by atoms with Crippen LogP contribution in [-0.2, 0) is 32.6 Å². The van der Waals surface area contributed by atoms with Gasteiger partial charge < -0.3 is 15.0 Å². The van der Waals surface area contributed by atoms with Gasteiger partial charge in [0.1, 0.15) is 24.2 Å². The normalized spacial score (nSPS) is 11.9. The highest BCUT2D eigenvalue weighted by Gasteiger charge is 2.35. The number of hydrogen-bond acceptors (Lipinski definition) is 5. The van der Waals surface area contributed by atoms with Crippen molar-refractivity contribution in [2.75, 3.05) is 18.0 Å². The molecule has 4 rings (SSSR count). The van der Waals surface area contributed by atoms with Crippen molar-refractivity contribution in [3.05, 3.63) is 126 Å². The number of sulfonamides is 1. The van der Waals surface area contributed by atoms with Crippen LogP contribution in [0.2, 0.25) is 0 Å². The molecule has 4 aromatic carbocycles. The van der Waals surface area contributed by atoms with Crippen LogP contribution < -0.4 is 14.4 Å². The first-order valence-corrected chi connectivity index (χ1v) is 15.6. The summed E-state index contributed by atoms with van der Waals surface area (Å²) in [5.41, 5.74) is 1.61. The van der Waals surface area contributed by atoms with E-state index in [1.165, 1.54) is 54.5 Å². The first-order valence-electron chi connectivity index (χ1n) is 14.2. The molecule has 0 saturated carbocycles. The number of nitrogens with one attached hydrogen (secondary N) is 1. The third-order valence-electron chi connectivity index (χ3n) is 6.92. The molecule has 0 heterocycles. The number of benzene rings is 4. The van der Waals surface area contributed by atoms with E-state index in [4.69, 9.17) is 4.74 Å². The predicted octanol–water partition coefficient (Wildman–Crippen LogP) is 5.19. The molecule has 0 radical (unpaired) electrons. The minimum absolute atomic E-state index is 0.000842. The second-order valence-electron chi connectivity index (χ2n) is 10.5. The molecule has 0 aromatic heterocycles. The first kappa shape index (κ1) is 32.2. The summed E-state index contributed by atoms with van der Waals surface area (Å²) in [6.07, 6.45) is 0.178. The van der Waals surface area contributed by atoms with E-state index in [1.54, 1.807) is 36.4 Å². The largest absolute Gasteiger partial charge is 0.497 e. The Morgan fingerprint density at radius 1 is 0.841 bits per heavy atom. The monoisotopic (exact) mass is 617 g/mol. The molecular formula is C34H36FN3O5S. The van der Waals surface area contributed by atoms with E-state index in [9.17, 15) is 22.4 Å². The van der Waals surface area contributed by atoms with Gasteiger partial charge in [0.05, 0.1) is 17.7 Å². The highest BCUT2D eigenvalue weighted by molar-refractivity contribution is 7.92. The SMILES string of the molecule is COc1cccc(N(CC(=O)N(Cc2ccc(F)cc2)[C@H](Cc2ccccc2)C(=O)NC(C)C)S(=O)(=O)c2ccccc2)c1. The fourth-order valence-electron chi connectivity index (χ4n) is 4.74. The summed E-state index contributed by atoms with van der Waals surface area (Å²) in [6.45, 7) is 2.98. The molecule has 2 amide bonds. The third kappa shape index (κ3) is 8.23. The number of carbonyl (C=O) groups excluding carboxylic acids is 2. The van der Waals surface area contributed by atoms with Crippen LogP contribution in [0, 0.1) is 5.82 Å². The standard InChI is InChI=1S/C34H36FN3O5S/c1-25(2)36-34(40)32(21-26-11-6-4-7-12-26)37(23-27-17-19-28(35)20-18-27)33(39)24-38(29-13-10-14-30(22-29)43-3)44(41,42)31-15-8-5-9-16-31/h4-20,22,25,32H,21,23-24H2,1-3H3,(H,36,40)/t32-/m1/s1. The van der Waals surface area contributed by atoms with Gasteiger partial charge in [-0.3, -0.25) is 13.9 Å². The van der Waals surface area contributed by atoms with E-state index in [2.05, 4.69) is 5.32 Å². The Bertz CT molecular complexity index is 1650. The molecule has 0 bridgehead atoms. The minimum atomic E-state index is -4.23. The van der Waals surface area contributed by atoms with Crippen LogP contribution >= 0.6 is 0 Å². The van der Waals surface area contributed by atoms with Crippen molar-refractivity contribution in [2.45, 2.75) is 43.8 Å². The lowest BCUT2D eigenvalue weighted by atomic mass is 10.0. The van der Waals surface area contributed by atoms with Crippen LogP contribution in [0.25, 0.3) is 0 Å². The van der Waals surface area contributed by atoms with E-state index < -0.39 is 40.2 Å². The third-order valence-corrected chi connectivity index (χ3v) is 8.71. The van der Waals surface area contributed by atoms with Crippen molar-refractivity contribution < 1.29 is 27.1 Å². The molecule has 0 aliphatic rings. The molecule has 4 aromatic rings. The molecule has 0 aliphatic carbocycles. The van der Waals surface area contributed by atoms with Gasteiger partial charge >= 0.3 is 0 Å². The second-order valence-corrected chi connectivity index (χ2v) is 12.4. The maximum Gasteiger partial charge on any atom is 0.264 e. The predicted molar refractivity (Wildman–Crippen MR) is 168 cm³/mol. The highest BCUT2D eigenvalue weighted by Crippen LogP contribution is 2.28. The van der Waals surface area contributed by atoms with Gasteiger partial charge in [0.2, 0.25) is 11.8 Å². The minimum Gasteiger partial charge on any atom is -0.497 e. The molecule has 0 aliphatic heterocycles. The van der Waals surface area contributed by atoms with Crippen LogP contribution in [0.5, 0.6) is 5.75 Å². The maximum absolute atomic E-state index is 14.4. The molecule has 44 heavy (non-hydrogen) atoms. The summed E-state index contributed by atoms with van der Waals surface area (Å²) in [5.74, 6) is -1.04. The Hall–Kier alpha value is -4.70. The van der Waals surface area contributed by atoms with Crippen LogP contribution in [0.15, 0.2) is 114 Å². The Morgan fingerprint density at radius 2 is 1.48 bits per heavy atom. The fraction of sp³-hybridized carbons (Fsp3) is 0.235. The fourth-order valence-corrected chi connectivity index (χ4v) is 6.16. The number of ether oxygens (including phenoxy) is 1. The van der Waals surface area contributed by atoms with Gasteiger partial charge in [-0.1, -0.05) is 66.7 Å². The number of rotatable bonds is 13. The molecule has 0 saturated heterocycles. The average molecular weight is 618 g/mol. The number of nitrogens with zero attached hydrogens (tertiary/aromatic N) is 2. The molecular weight excluding hydrogens is 581 g/mol. The second kappa shape index (κ2) is 14.7. The Morgan fingerprint density at radius 3 is 2.09 bits per heavy atom.